The third-order valence-corrected chi connectivity index (χ3v) is 4.20. The molecule has 4 nitrogen and oxygen atoms in total. The molecule has 0 saturated carbocycles. The van der Waals surface area contributed by atoms with E-state index in [9.17, 15) is 8.42 Å². The zero-order valence-electron chi connectivity index (χ0n) is 11.9. The molecule has 5 heteroatoms. The van der Waals surface area contributed by atoms with E-state index in [4.69, 9.17) is 5.11 Å². The summed E-state index contributed by atoms with van der Waals surface area (Å²) in [6.07, 6.45) is 0.410. The number of hydrogen-bond acceptors (Lipinski definition) is 3. The third kappa shape index (κ3) is 6.20. The van der Waals surface area contributed by atoms with Crippen LogP contribution in [0.15, 0.2) is 24.3 Å². The number of nitrogens with one attached hydrogen (secondary N) is 1. The molecule has 0 heterocycles. The molecular weight excluding hydrogens is 274 g/mol. The first-order valence-electron chi connectivity index (χ1n) is 6.59. The van der Waals surface area contributed by atoms with Crippen molar-refractivity contribution < 1.29 is 13.5 Å². The smallest absolute Gasteiger partial charge is 0.212 e. The van der Waals surface area contributed by atoms with E-state index in [0.717, 1.165) is 11.1 Å². The van der Waals surface area contributed by atoms with E-state index in [-0.39, 0.29) is 24.8 Å². The molecular formula is C15H21NO3S. The maximum absolute atomic E-state index is 11.8. The van der Waals surface area contributed by atoms with E-state index in [2.05, 4.69) is 16.6 Å². The van der Waals surface area contributed by atoms with E-state index in [1.807, 2.05) is 38.1 Å². The highest BCUT2D eigenvalue weighted by Gasteiger charge is 2.12. The van der Waals surface area contributed by atoms with Crippen LogP contribution in [0.2, 0.25) is 0 Å². The van der Waals surface area contributed by atoms with Gasteiger partial charge in [-0.3, -0.25) is 0 Å². The van der Waals surface area contributed by atoms with Crippen LogP contribution in [0, 0.1) is 17.8 Å². The van der Waals surface area contributed by atoms with Gasteiger partial charge in [-0.1, -0.05) is 43.9 Å². The summed E-state index contributed by atoms with van der Waals surface area (Å²) >= 11 is 0. The lowest BCUT2D eigenvalue weighted by molar-refractivity contribution is 0.305. The van der Waals surface area contributed by atoms with Crippen molar-refractivity contribution in [3.8, 4) is 11.8 Å². The molecule has 0 spiro atoms. The van der Waals surface area contributed by atoms with E-state index < -0.39 is 10.0 Å². The number of sulfonamides is 1. The molecule has 1 aromatic rings. The molecule has 0 unspecified atom stereocenters. The molecule has 0 aliphatic carbocycles. The maximum Gasteiger partial charge on any atom is 0.212 e. The average Bonchev–Trinajstić information content (AvgIpc) is 2.36. The fraction of sp³-hybridized carbons (Fsp3) is 0.467. The van der Waals surface area contributed by atoms with Crippen LogP contribution in [0.5, 0.6) is 0 Å². The van der Waals surface area contributed by atoms with Crippen molar-refractivity contribution in [3.63, 3.8) is 0 Å². The van der Waals surface area contributed by atoms with Gasteiger partial charge in [0.1, 0.15) is 0 Å². The summed E-state index contributed by atoms with van der Waals surface area (Å²) < 4.78 is 26.2. The standard InChI is InChI=1S/C15H21NO3S/c1-13(2)12-20(18,19)16-11-15-9-4-3-7-14(15)8-5-6-10-17/h3-4,7,9,13,16-17H,6,10-12H2,1-2H3. The minimum Gasteiger partial charge on any atom is -0.395 e. The van der Waals surface area contributed by atoms with Gasteiger partial charge < -0.3 is 5.11 Å². The number of aliphatic hydroxyl groups excluding tert-OH is 1. The van der Waals surface area contributed by atoms with Gasteiger partial charge in [0.25, 0.3) is 0 Å². The molecule has 0 bridgehead atoms. The van der Waals surface area contributed by atoms with Crippen LogP contribution in [0.3, 0.4) is 0 Å². The van der Waals surface area contributed by atoms with Gasteiger partial charge in [-0.25, -0.2) is 13.1 Å². The van der Waals surface area contributed by atoms with Gasteiger partial charge in [0.15, 0.2) is 0 Å². The SMILES string of the molecule is CC(C)CS(=O)(=O)NCc1ccccc1C#CCCO. The monoisotopic (exact) mass is 295 g/mol. The number of benzene rings is 1. The van der Waals surface area contributed by atoms with Crippen molar-refractivity contribution in [2.45, 2.75) is 26.8 Å². The lowest BCUT2D eigenvalue weighted by Gasteiger charge is -2.09. The first kappa shape index (κ1) is 16.7. The van der Waals surface area contributed by atoms with Gasteiger partial charge in [0.2, 0.25) is 10.0 Å². The summed E-state index contributed by atoms with van der Waals surface area (Å²) in [4.78, 5) is 0. The van der Waals surface area contributed by atoms with Crippen molar-refractivity contribution >= 4 is 10.0 Å². The van der Waals surface area contributed by atoms with Crippen LogP contribution in [-0.4, -0.2) is 25.9 Å². The van der Waals surface area contributed by atoms with Crippen molar-refractivity contribution in [2.75, 3.05) is 12.4 Å². The summed E-state index contributed by atoms with van der Waals surface area (Å²) in [5, 5.41) is 8.71. The van der Waals surface area contributed by atoms with Crippen LogP contribution >= 0.6 is 0 Å². The molecule has 1 aromatic carbocycles. The summed E-state index contributed by atoms with van der Waals surface area (Å²) in [5.41, 5.74) is 1.62. The highest BCUT2D eigenvalue weighted by atomic mass is 32.2. The molecule has 0 atom stereocenters. The summed E-state index contributed by atoms with van der Waals surface area (Å²) in [5.74, 6) is 6.00. The Hall–Kier alpha value is -1.35. The molecule has 1 rings (SSSR count). The zero-order chi connectivity index (χ0) is 15.0. The molecule has 0 aliphatic heterocycles. The van der Waals surface area contributed by atoms with Gasteiger partial charge in [-0.05, 0) is 17.5 Å². The molecule has 2 N–H and O–H groups in total. The van der Waals surface area contributed by atoms with Crippen LogP contribution in [0.4, 0.5) is 0 Å². The second kappa shape index (κ2) is 8.05. The lowest BCUT2D eigenvalue weighted by atomic mass is 10.1. The average molecular weight is 295 g/mol. The minimum absolute atomic E-state index is 0.0240. The Labute approximate surface area is 121 Å². The van der Waals surface area contributed by atoms with E-state index in [1.165, 1.54) is 0 Å². The molecule has 0 fully saturated rings. The quantitative estimate of drug-likeness (QED) is 0.782. The molecule has 110 valence electrons. The Morgan fingerprint density at radius 1 is 1.30 bits per heavy atom. The van der Waals surface area contributed by atoms with Crippen molar-refractivity contribution in [3.05, 3.63) is 35.4 Å². The fourth-order valence-corrected chi connectivity index (χ4v) is 3.07. The molecule has 0 saturated heterocycles. The predicted molar refractivity (Wildman–Crippen MR) is 80.5 cm³/mol. The van der Waals surface area contributed by atoms with Gasteiger partial charge in [-0.2, -0.15) is 0 Å². The van der Waals surface area contributed by atoms with Crippen LogP contribution < -0.4 is 4.72 Å². The molecule has 0 radical (unpaired) electrons. The Bertz CT molecular complexity index is 583. The first-order valence-corrected chi connectivity index (χ1v) is 8.25. The Morgan fingerprint density at radius 3 is 2.65 bits per heavy atom. The van der Waals surface area contributed by atoms with Crippen LogP contribution in [-0.2, 0) is 16.6 Å². The summed E-state index contributed by atoms with van der Waals surface area (Å²) in [6, 6.07) is 7.40. The van der Waals surface area contributed by atoms with Gasteiger partial charge in [0, 0.05) is 18.5 Å². The molecule has 0 aromatic heterocycles. The maximum atomic E-state index is 11.8. The van der Waals surface area contributed by atoms with Gasteiger partial charge >= 0.3 is 0 Å². The predicted octanol–water partition coefficient (Wildman–Crippen LogP) is 1.50. The van der Waals surface area contributed by atoms with E-state index in [1.54, 1.807) is 0 Å². The zero-order valence-corrected chi connectivity index (χ0v) is 12.7. The fourth-order valence-electron chi connectivity index (χ4n) is 1.70. The molecule has 0 aliphatic rings. The van der Waals surface area contributed by atoms with Crippen LogP contribution in [0.1, 0.15) is 31.4 Å². The highest BCUT2D eigenvalue weighted by Crippen LogP contribution is 2.08. The highest BCUT2D eigenvalue weighted by molar-refractivity contribution is 7.89. The van der Waals surface area contributed by atoms with Crippen molar-refractivity contribution in [1.82, 2.24) is 4.72 Å². The Kier molecular flexibility index (Phi) is 6.73. The third-order valence-electron chi connectivity index (χ3n) is 2.51. The number of rotatable bonds is 6. The van der Waals surface area contributed by atoms with E-state index >= 15 is 0 Å². The summed E-state index contributed by atoms with van der Waals surface area (Å²) in [6.45, 7) is 4.00. The Morgan fingerprint density at radius 2 is 2.00 bits per heavy atom. The first-order chi connectivity index (χ1) is 9.44. The second-order valence-corrected chi connectivity index (χ2v) is 6.78. The second-order valence-electron chi connectivity index (χ2n) is 4.93. The lowest BCUT2D eigenvalue weighted by Crippen LogP contribution is -2.28. The van der Waals surface area contributed by atoms with Gasteiger partial charge in [-0.15, -0.1) is 0 Å². The number of aliphatic hydroxyl groups is 1. The van der Waals surface area contributed by atoms with Crippen molar-refractivity contribution in [2.24, 2.45) is 5.92 Å². The Balaban J connectivity index is 2.76. The van der Waals surface area contributed by atoms with Crippen LogP contribution in [0.25, 0.3) is 0 Å². The van der Waals surface area contributed by atoms with Gasteiger partial charge in [0.05, 0.1) is 12.4 Å². The normalized spacial score (nSPS) is 11.2. The molecule has 20 heavy (non-hydrogen) atoms. The topological polar surface area (TPSA) is 66.4 Å². The summed E-state index contributed by atoms with van der Waals surface area (Å²) in [7, 11) is -3.26. The van der Waals surface area contributed by atoms with Crippen molar-refractivity contribution in [1.29, 1.82) is 0 Å². The number of hydrogen-bond donors (Lipinski definition) is 2. The largest absolute Gasteiger partial charge is 0.395 e. The van der Waals surface area contributed by atoms with E-state index in [0.29, 0.717) is 6.42 Å². The molecule has 0 amide bonds. The minimum atomic E-state index is -3.26.